The number of hydrogen-bond donors (Lipinski definition) is 4. The van der Waals surface area contributed by atoms with E-state index < -0.39 is 5.54 Å². The average molecular weight is 396 g/mol. The Bertz CT molecular complexity index is 467. The Labute approximate surface area is 170 Å². The largest absolute Gasteiger partial charge is 0.354 e. The zero-order chi connectivity index (χ0) is 20.8. The van der Waals surface area contributed by atoms with Crippen LogP contribution in [0.1, 0.15) is 85.0 Å². The molecule has 0 saturated carbocycles. The number of amides is 2. The molecular formula is C21H41N5O2. The highest BCUT2D eigenvalue weighted by atomic mass is 16.2. The molecule has 28 heavy (non-hydrogen) atoms. The molecular weight excluding hydrogens is 354 g/mol. The Balaban J connectivity index is 2.47. The number of hydrogen-bond acceptors (Lipinski definition) is 3. The summed E-state index contributed by atoms with van der Waals surface area (Å²) in [7, 11) is 0. The zero-order valence-electron chi connectivity index (χ0n) is 18.1. The highest BCUT2D eigenvalue weighted by molar-refractivity contribution is 5.82. The summed E-state index contributed by atoms with van der Waals surface area (Å²) in [5.41, 5.74) is -0.643. The molecule has 1 rings (SSSR count). The number of carbonyl (C=O) groups excluding carboxylic acids is 2. The lowest BCUT2D eigenvalue weighted by atomic mass is 9.88. The van der Waals surface area contributed by atoms with E-state index in [9.17, 15) is 9.59 Å². The van der Waals surface area contributed by atoms with E-state index in [4.69, 9.17) is 5.41 Å². The summed E-state index contributed by atoms with van der Waals surface area (Å²) in [6.45, 7) is 8.44. The van der Waals surface area contributed by atoms with Crippen molar-refractivity contribution in [3.63, 3.8) is 0 Å². The summed E-state index contributed by atoms with van der Waals surface area (Å²) in [5, 5.41) is 17.7. The van der Waals surface area contributed by atoms with E-state index in [-0.39, 0.29) is 18.0 Å². The van der Waals surface area contributed by atoms with Gasteiger partial charge in [0, 0.05) is 25.7 Å². The highest BCUT2D eigenvalue weighted by Gasteiger charge is 2.30. The van der Waals surface area contributed by atoms with Crippen molar-refractivity contribution in [2.24, 2.45) is 0 Å². The number of rotatable bonds is 12. The van der Waals surface area contributed by atoms with Gasteiger partial charge in [0.05, 0.1) is 5.54 Å². The summed E-state index contributed by atoms with van der Waals surface area (Å²) in [4.78, 5) is 25.8. The van der Waals surface area contributed by atoms with E-state index in [2.05, 4.69) is 36.7 Å². The third-order valence-corrected chi connectivity index (χ3v) is 5.49. The Morgan fingerprint density at radius 2 is 1.64 bits per heavy atom. The van der Waals surface area contributed by atoms with Gasteiger partial charge < -0.3 is 25.6 Å². The van der Waals surface area contributed by atoms with Crippen LogP contribution in [0.3, 0.4) is 0 Å². The summed E-state index contributed by atoms with van der Waals surface area (Å²) in [6.07, 6.45) is 10.2. The van der Waals surface area contributed by atoms with Gasteiger partial charge in [-0.15, -0.1) is 0 Å². The average Bonchev–Trinajstić information content (AvgIpc) is 2.70. The molecule has 7 heteroatoms. The number of nitrogens with zero attached hydrogens (tertiary/aromatic N) is 1. The van der Waals surface area contributed by atoms with Gasteiger partial charge in [0.15, 0.2) is 5.96 Å². The molecule has 4 N–H and O–H groups in total. The van der Waals surface area contributed by atoms with Gasteiger partial charge in [-0.05, 0) is 32.1 Å². The lowest BCUT2D eigenvalue weighted by Crippen LogP contribution is -2.57. The molecule has 0 aromatic heterocycles. The molecule has 0 bridgehead atoms. The molecule has 0 aromatic carbocycles. The van der Waals surface area contributed by atoms with Crippen molar-refractivity contribution in [1.82, 2.24) is 20.9 Å². The molecule has 0 unspecified atom stereocenters. The Kier molecular flexibility index (Phi) is 11.6. The second-order valence-corrected chi connectivity index (χ2v) is 7.97. The maximum absolute atomic E-state index is 12.1. The maximum Gasteiger partial charge on any atom is 0.317 e. The molecule has 1 heterocycles. The standard InChI is InChI=1S/C21H41N5O2/c1-4-7-12-21(17-27,13-8-5-2)25-19(22)24-18-10-15-26(16-11-18)20(28)23-14-9-6-3/h17-18H,4-16H2,1-3H3,(H,23,28)(H3,22,24,25). The number of piperidine rings is 1. The molecule has 2 amide bonds. The highest BCUT2D eigenvalue weighted by Crippen LogP contribution is 2.20. The predicted molar refractivity (Wildman–Crippen MR) is 115 cm³/mol. The summed E-state index contributed by atoms with van der Waals surface area (Å²) in [6, 6.07) is 0.167. The van der Waals surface area contributed by atoms with Crippen LogP contribution in [0, 0.1) is 5.41 Å². The first-order chi connectivity index (χ1) is 13.5. The van der Waals surface area contributed by atoms with Crippen LogP contribution in [0.4, 0.5) is 4.79 Å². The normalized spacial score (nSPS) is 15.2. The minimum absolute atomic E-state index is 0.0132. The minimum Gasteiger partial charge on any atom is -0.354 e. The quantitative estimate of drug-likeness (QED) is 0.176. The first-order valence-electron chi connectivity index (χ1n) is 11.1. The number of aldehydes is 1. The number of urea groups is 1. The number of carbonyl (C=O) groups is 2. The van der Waals surface area contributed by atoms with Gasteiger partial charge in [0.2, 0.25) is 0 Å². The van der Waals surface area contributed by atoms with E-state index in [1.165, 1.54) is 0 Å². The van der Waals surface area contributed by atoms with Gasteiger partial charge in [0.1, 0.15) is 6.29 Å². The fourth-order valence-corrected chi connectivity index (χ4v) is 3.58. The van der Waals surface area contributed by atoms with Crippen molar-refractivity contribution in [3.8, 4) is 0 Å². The van der Waals surface area contributed by atoms with Crippen molar-refractivity contribution in [2.75, 3.05) is 19.6 Å². The van der Waals surface area contributed by atoms with Crippen molar-refractivity contribution < 1.29 is 9.59 Å². The molecule has 0 atom stereocenters. The SMILES string of the molecule is CCCCNC(=O)N1CCC(NC(=N)NC(C=O)(CCCC)CCCC)CC1. The third kappa shape index (κ3) is 8.48. The number of guanidine groups is 1. The van der Waals surface area contributed by atoms with Gasteiger partial charge in [-0.2, -0.15) is 0 Å². The monoisotopic (exact) mass is 395 g/mol. The van der Waals surface area contributed by atoms with Crippen LogP contribution < -0.4 is 16.0 Å². The van der Waals surface area contributed by atoms with Crippen molar-refractivity contribution in [3.05, 3.63) is 0 Å². The van der Waals surface area contributed by atoms with E-state index >= 15 is 0 Å². The molecule has 0 radical (unpaired) electrons. The molecule has 1 aliphatic rings. The minimum atomic E-state index is -0.643. The van der Waals surface area contributed by atoms with Crippen molar-refractivity contribution >= 4 is 18.3 Å². The number of nitrogens with one attached hydrogen (secondary N) is 4. The first kappa shape index (κ1) is 24.2. The summed E-state index contributed by atoms with van der Waals surface area (Å²) in [5.74, 6) is 0.227. The van der Waals surface area contributed by atoms with Gasteiger partial charge in [-0.25, -0.2) is 4.79 Å². The van der Waals surface area contributed by atoms with Crippen molar-refractivity contribution in [2.45, 2.75) is 96.6 Å². The molecule has 7 nitrogen and oxygen atoms in total. The van der Waals surface area contributed by atoms with E-state index in [1.807, 2.05) is 4.90 Å². The fourth-order valence-electron chi connectivity index (χ4n) is 3.58. The van der Waals surface area contributed by atoms with Crippen molar-refractivity contribution in [1.29, 1.82) is 5.41 Å². The molecule has 1 fully saturated rings. The topological polar surface area (TPSA) is 97.3 Å². The molecule has 1 saturated heterocycles. The second kappa shape index (κ2) is 13.4. The van der Waals surface area contributed by atoms with Crippen LogP contribution >= 0.6 is 0 Å². The maximum atomic E-state index is 12.1. The van der Waals surface area contributed by atoms with E-state index in [1.54, 1.807) is 0 Å². The van der Waals surface area contributed by atoms with Gasteiger partial charge in [-0.1, -0.05) is 52.9 Å². The molecule has 0 aliphatic carbocycles. The first-order valence-corrected chi connectivity index (χ1v) is 11.1. The van der Waals surface area contributed by atoms with Crippen LogP contribution in [-0.4, -0.2) is 54.4 Å². The smallest absolute Gasteiger partial charge is 0.317 e. The summed E-state index contributed by atoms with van der Waals surface area (Å²) < 4.78 is 0. The second-order valence-electron chi connectivity index (χ2n) is 7.97. The predicted octanol–water partition coefficient (Wildman–Crippen LogP) is 3.39. The van der Waals surface area contributed by atoms with Gasteiger partial charge in [0.25, 0.3) is 0 Å². The number of unbranched alkanes of at least 4 members (excludes halogenated alkanes) is 3. The van der Waals surface area contributed by atoms with Crippen LogP contribution in [0.25, 0.3) is 0 Å². The van der Waals surface area contributed by atoms with Crippen LogP contribution in [-0.2, 0) is 4.79 Å². The van der Waals surface area contributed by atoms with Crippen LogP contribution in [0.2, 0.25) is 0 Å². The summed E-state index contributed by atoms with van der Waals surface area (Å²) >= 11 is 0. The molecule has 1 aliphatic heterocycles. The zero-order valence-corrected chi connectivity index (χ0v) is 18.1. The Morgan fingerprint density at radius 3 is 2.14 bits per heavy atom. The van der Waals surface area contributed by atoms with Crippen LogP contribution in [0.15, 0.2) is 0 Å². The van der Waals surface area contributed by atoms with E-state index in [0.717, 1.165) is 77.0 Å². The Hall–Kier alpha value is -1.79. The van der Waals surface area contributed by atoms with E-state index in [0.29, 0.717) is 13.1 Å². The lowest BCUT2D eigenvalue weighted by molar-refractivity contribution is -0.113. The third-order valence-electron chi connectivity index (χ3n) is 5.49. The lowest BCUT2D eigenvalue weighted by Gasteiger charge is -2.35. The molecule has 0 spiro atoms. The number of likely N-dealkylation sites (tertiary alicyclic amines) is 1. The van der Waals surface area contributed by atoms with Crippen LogP contribution in [0.5, 0.6) is 0 Å². The van der Waals surface area contributed by atoms with Gasteiger partial charge in [-0.3, -0.25) is 5.41 Å². The Morgan fingerprint density at radius 1 is 1.07 bits per heavy atom. The molecule has 0 aromatic rings. The fraction of sp³-hybridized carbons (Fsp3) is 0.857. The van der Waals surface area contributed by atoms with Gasteiger partial charge >= 0.3 is 6.03 Å². The molecule has 162 valence electrons.